The van der Waals surface area contributed by atoms with E-state index in [1.807, 2.05) is 0 Å². The van der Waals surface area contributed by atoms with Gasteiger partial charge in [-0.05, 0) is 0 Å². The largest absolute Gasteiger partial charge is 0.475 e. The lowest BCUT2D eigenvalue weighted by atomic mass is 10.4. The van der Waals surface area contributed by atoms with Crippen molar-refractivity contribution in [1.29, 1.82) is 0 Å². The van der Waals surface area contributed by atoms with Gasteiger partial charge in [0.1, 0.15) is 0 Å². The highest BCUT2D eigenvalue weighted by Gasteiger charge is 2.47. The number of hydrogen-bond acceptors (Lipinski definition) is 3. The molecule has 0 aromatic rings. The summed E-state index contributed by atoms with van der Waals surface area (Å²) in [6, 6.07) is 0. The first-order valence-corrected chi connectivity index (χ1v) is 3.99. The summed E-state index contributed by atoms with van der Waals surface area (Å²) in [5.41, 5.74) is 0. The number of carbonyl (C=O) groups is 1. The Morgan fingerprint density at radius 2 is 2.20 bits per heavy atom. The molecule has 0 saturated heterocycles. The van der Waals surface area contributed by atoms with Crippen LogP contribution < -0.4 is 0 Å². The highest BCUT2D eigenvalue weighted by Crippen LogP contribution is 2.21. The van der Waals surface area contributed by atoms with Crippen LogP contribution in [0.4, 0.5) is 0 Å². The number of nitro groups is 1. The molecule has 1 atom stereocenters. The Morgan fingerprint density at radius 3 is 2.20 bits per heavy atom. The molecule has 0 radical (unpaired) electrons. The molecule has 0 bridgehead atoms. The zero-order valence-corrected chi connectivity index (χ0v) is 7.75. The van der Waals surface area contributed by atoms with E-state index in [4.69, 9.17) is 5.11 Å². The fourth-order valence-corrected chi connectivity index (χ4v) is 0.629. The highest BCUT2D eigenvalue weighted by molar-refractivity contribution is 9.12. The van der Waals surface area contributed by atoms with E-state index in [0.29, 0.717) is 0 Å². The first-order valence-electron chi connectivity index (χ1n) is 2.08. The summed E-state index contributed by atoms with van der Waals surface area (Å²) in [6.07, 6.45) is 0. The fraction of sp³-hybridized carbons (Fsp3) is 0.667. The topological polar surface area (TPSA) is 80.4 Å². The molecule has 5 nitrogen and oxygen atoms in total. The van der Waals surface area contributed by atoms with E-state index in [1.165, 1.54) is 0 Å². The average molecular weight is 277 g/mol. The van der Waals surface area contributed by atoms with Crippen molar-refractivity contribution >= 4 is 37.8 Å². The van der Waals surface area contributed by atoms with Crippen molar-refractivity contribution in [2.75, 3.05) is 5.33 Å². The van der Waals surface area contributed by atoms with E-state index >= 15 is 0 Å². The van der Waals surface area contributed by atoms with Crippen molar-refractivity contribution in [2.45, 2.75) is 4.45 Å². The molecule has 0 heterocycles. The van der Waals surface area contributed by atoms with Crippen molar-refractivity contribution in [3.05, 3.63) is 10.1 Å². The lowest BCUT2D eigenvalue weighted by Crippen LogP contribution is -2.41. The Morgan fingerprint density at radius 1 is 1.80 bits per heavy atom. The van der Waals surface area contributed by atoms with Crippen LogP contribution in [-0.4, -0.2) is 25.8 Å². The first-order chi connectivity index (χ1) is 4.45. The molecule has 0 saturated carbocycles. The zero-order valence-electron chi connectivity index (χ0n) is 4.58. The molecule has 0 aromatic heterocycles. The van der Waals surface area contributed by atoms with Gasteiger partial charge in [-0.15, -0.1) is 0 Å². The monoisotopic (exact) mass is 275 g/mol. The minimum atomic E-state index is -2.09. The summed E-state index contributed by atoms with van der Waals surface area (Å²) in [5.74, 6) is -1.52. The van der Waals surface area contributed by atoms with Crippen LogP contribution in [0.2, 0.25) is 0 Å². The van der Waals surface area contributed by atoms with Crippen molar-refractivity contribution in [2.24, 2.45) is 0 Å². The van der Waals surface area contributed by atoms with Crippen LogP contribution in [0.15, 0.2) is 0 Å². The third-order valence-corrected chi connectivity index (χ3v) is 3.27. The SMILES string of the molecule is O=C(O)C(Br)(CBr)[N+](=O)[O-]. The van der Waals surface area contributed by atoms with E-state index in [1.54, 1.807) is 0 Å². The van der Waals surface area contributed by atoms with Gasteiger partial charge < -0.3 is 5.11 Å². The summed E-state index contributed by atoms with van der Waals surface area (Å²) in [7, 11) is 0. The lowest BCUT2D eigenvalue weighted by molar-refractivity contribution is -0.516. The normalized spacial score (nSPS) is 15.8. The van der Waals surface area contributed by atoms with Crippen LogP contribution in [0.5, 0.6) is 0 Å². The minimum Gasteiger partial charge on any atom is -0.475 e. The molecular formula is C3H3Br2NO4. The van der Waals surface area contributed by atoms with Gasteiger partial charge in [-0.2, -0.15) is 0 Å². The maximum absolute atomic E-state index is 10.2. The van der Waals surface area contributed by atoms with E-state index in [-0.39, 0.29) is 5.33 Å². The van der Waals surface area contributed by atoms with Crippen molar-refractivity contribution in [1.82, 2.24) is 0 Å². The zero-order chi connectivity index (χ0) is 8.36. The lowest BCUT2D eigenvalue weighted by Gasteiger charge is -2.08. The number of aliphatic carboxylic acids is 1. The second-order valence-electron chi connectivity index (χ2n) is 1.46. The van der Waals surface area contributed by atoms with Crippen molar-refractivity contribution < 1.29 is 14.8 Å². The van der Waals surface area contributed by atoms with Gasteiger partial charge in [0.15, 0.2) is 0 Å². The predicted octanol–water partition coefficient (Wildman–Crippen LogP) is 0.834. The molecule has 0 amide bonds. The summed E-state index contributed by atoms with van der Waals surface area (Å²) >= 11 is 5.17. The standard InChI is InChI=1S/C3H3Br2NO4/c4-1-3(5,2(7)8)6(9)10/h1H2,(H,7,8). The molecular weight excluding hydrogens is 274 g/mol. The first kappa shape index (κ1) is 9.83. The molecule has 0 aromatic carbocycles. The summed E-state index contributed by atoms with van der Waals surface area (Å²) < 4.78 is -2.09. The Bertz CT molecular complexity index is 156. The summed E-state index contributed by atoms with van der Waals surface area (Å²) in [6.45, 7) is 0. The minimum absolute atomic E-state index is 0.275. The molecule has 0 aliphatic heterocycles. The number of rotatable bonds is 3. The third kappa shape index (κ3) is 1.66. The Kier molecular flexibility index (Phi) is 3.23. The number of carboxylic acid groups (broad SMARTS) is 1. The summed E-state index contributed by atoms with van der Waals surface area (Å²) in [4.78, 5) is 19.3. The maximum Gasteiger partial charge on any atom is 0.395 e. The van der Waals surface area contributed by atoms with Crippen LogP contribution >= 0.6 is 31.9 Å². The van der Waals surface area contributed by atoms with Crippen LogP contribution in [-0.2, 0) is 4.79 Å². The Labute approximate surface area is 72.8 Å². The highest BCUT2D eigenvalue weighted by atomic mass is 79.9. The van der Waals surface area contributed by atoms with Gasteiger partial charge in [0.2, 0.25) is 0 Å². The van der Waals surface area contributed by atoms with E-state index in [9.17, 15) is 14.9 Å². The molecule has 1 N–H and O–H groups in total. The van der Waals surface area contributed by atoms with Crippen molar-refractivity contribution in [3.63, 3.8) is 0 Å². The molecule has 0 rings (SSSR count). The van der Waals surface area contributed by atoms with Gasteiger partial charge in [0.05, 0.1) is 10.3 Å². The number of alkyl halides is 2. The van der Waals surface area contributed by atoms with Crippen LogP contribution in [0.3, 0.4) is 0 Å². The van der Waals surface area contributed by atoms with Gasteiger partial charge in [-0.1, -0.05) is 15.9 Å². The predicted molar refractivity (Wildman–Crippen MR) is 40.1 cm³/mol. The quantitative estimate of drug-likeness (QED) is 0.358. The summed E-state index contributed by atoms with van der Waals surface area (Å²) in [5, 5.41) is 18.1. The number of nitrogens with zero attached hydrogens (tertiary/aromatic N) is 1. The molecule has 1 unspecified atom stereocenters. The van der Waals surface area contributed by atoms with Crippen molar-refractivity contribution in [3.8, 4) is 0 Å². The van der Waals surface area contributed by atoms with Crippen LogP contribution in [0.25, 0.3) is 0 Å². The number of carboxylic acids is 1. The maximum atomic E-state index is 10.2. The smallest absolute Gasteiger partial charge is 0.395 e. The fourth-order valence-electron chi connectivity index (χ4n) is 0.184. The molecule has 10 heavy (non-hydrogen) atoms. The molecule has 7 heteroatoms. The molecule has 58 valence electrons. The van der Waals surface area contributed by atoms with E-state index in [2.05, 4.69) is 31.9 Å². The number of halogens is 2. The van der Waals surface area contributed by atoms with Gasteiger partial charge in [0, 0.05) is 15.9 Å². The van der Waals surface area contributed by atoms with Gasteiger partial charge in [0.25, 0.3) is 0 Å². The number of hydrogen-bond donors (Lipinski definition) is 1. The average Bonchev–Trinajstić information content (AvgIpc) is 1.85. The van der Waals surface area contributed by atoms with Gasteiger partial charge >= 0.3 is 10.4 Å². The van der Waals surface area contributed by atoms with E-state index in [0.717, 1.165) is 0 Å². The van der Waals surface area contributed by atoms with Crippen LogP contribution in [0.1, 0.15) is 0 Å². The van der Waals surface area contributed by atoms with Crippen LogP contribution in [0, 0.1) is 10.1 Å². The van der Waals surface area contributed by atoms with E-state index < -0.39 is 15.3 Å². The molecule has 0 spiro atoms. The van der Waals surface area contributed by atoms with Gasteiger partial charge in [-0.25, -0.2) is 4.79 Å². The Hall–Kier alpha value is -0.170. The molecule has 0 fully saturated rings. The van der Waals surface area contributed by atoms with Gasteiger partial charge in [-0.3, -0.25) is 10.1 Å². The molecule has 0 aliphatic carbocycles. The second kappa shape index (κ2) is 3.29. The molecule has 0 aliphatic rings. The Balaban J connectivity index is 4.55. The second-order valence-corrected chi connectivity index (χ2v) is 3.33. The third-order valence-electron chi connectivity index (χ3n) is 0.794.